The van der Waals surface area contributed by atoms with E-state index in [-0.39, 0.29) is 0 Å². The highest BCUT2D eigenvalue weighted by Gasteiger charge is 2.12. The Morgan fingerprint density at radius 1 is 1.25 bits per heavy atom. The van der Waals surface area contributed by atoms with Crippen LogP contribution in [0, 0.1) is 0 Å². The average Bonchev–Trinajstić information content (AvgIpc) is 2.41. The molecule has 0 saturated heterocycles. The maximum atomic E-state index is 6.18. The summed E-state index contributed by atoms with van der Waals surface area (Å²) in [5.41, 5.74) is 1.33. The number of hydrogen-bond acceptors (Lipinski definition) is 4. The van der Waals surface area contributed by atoms with Crippen LogP contribution in [0.25, 0.3) is 11.3 Å². The van der Waals surface area contributed by atoms with Gasteiger partial charge in [0.1, 0.15) is 16.9 Å². The molecule has 2 rings (SSSR count). The van der Waals surface area contributed by atoms with Crippen molar-refractivity contribution in [1.82, 2.24) is 9.97 Å². The van der Waals surface area contributed by atoms with Crippen molar-refractivity contribution in [2.75, 3.05) is 20.3 Å². The molecule has 0 aliphatic carbocycles. The molecule has 0 radical (unpaired) electrons. The first-order valence-electron chi connectivity index (χ1n) is 5.71. The van der Waals surface area contributed by atoms with Crippen LogP contribution in [-0.2, 0) is 4.74 Å². The SMILES string of the molecule is COCCOc1cnc(Br)c(-c2ccc(Cl)cc2Cl)n1. The van der Waals surface area contributed by atoms with Gasteiger partial charge in [-0.05, 0) is 34.1 Å². The third-order valence-corrected chi connectivity index (χ3v) is 3.56. The minimum Gasteiger partial charge on any atom is -0.474 e. The Morgan fingerprint density at radius 3 is 2.75 bits per heavy atom. The van der Waals surface area contributed by atoms with Crippen LogP contribution >= 0.6 is 39.1 Å². The summed E-state index contributed by atoms with van der Waals surface area (Å²) in [5.74, 6) is 0.409. The number of nitrogens with zero attached hydrogens (tertiary/aromatic N) is 2. The summed E-state index contributed by atoms with van der Waals surface area (Å²) in [6.07, 6.45) is 1.53. The maximum absolute atomic E-state index is 6.18. The second kappa shape index (κ2) is 7.22. The van der Waals surface area contributed by atoms with Crippen molar-refractivity contribution in [1.29, 1.82) is 0 Å². The number of benzene rings is 1. The third kappa shape index (κ3) is 3.82. The smallest absolute Gasteiger partial charge is 0.233 e. The summed E-state index contributed by atoms with van der Waals surface area (Å²) >= 11 is 15.4. The maximum Gasteiger partial charge on any atom is 0.233 e. The van der Waals surface area contributed by atoms with Gasteiger partial charge in [-0.15, -0.1) is 0 Å². The molecule has 0 aliphatic rings. The number of rotatable bonds is 5. The van der Waals surface area contributed by atoms with Gasteiger partial charge < -0.3 is 9.47 Å². The van der Waals surface area contributed by atoms with E-state index in [1.807, 2.05) is 0 Å². The van der Waals surface area contributed by atoms with Crippen LogP contribution in [0.1, 0.15) is 0 Å². The van der Waals surface area contributed by atoms with Crippen LogP contribution in [-0.4, -0.2) is 30.3 Å². The van der Waals surface area contributed by atoms with Crippen molar-refractivity contribution < 1.29 is 9.47 Å². The fourth-order valence-corrected chi connectivity index (χ4v) is 2.41. The van der Waals surface area contributed by atoms with Crippen molar-refractivity contribution >= 4 is 39.1 Å². The average molecular weight is 378 g/mol. The lowest BCUT2D eigenvalue weighted by Gasteiger charge is -2.09. The third-order valence-electron chi connectivity index (χ3n) is 2.43. The number of hydrogen-bond donors (Lipinski definition) is 0. The van der Waals surface area contributed by atoms with Gasteiger partial charge in [0.25, 0.3) is 0 Å². The fourth-order valence-electron chi connectivity index (χ4n) is 1.51. The summed E-state index contributed by atoms with van der Waals surface area (Å²) in [6.45, 7) is 0.884. The molecule has 0 bridgehead atoms. The van der Waals surface area contributed by atoms with Crippen molar-refractivity contribution in [2.45, 2.75) is 0 Å². The van der Waals surface area contributed by atoms with E-state index in [0.717, 1.165) is 5.56 Å². The van der Waals surface area contributed by atoms with E-state index in [9.17, 15) is 0 Å². The Kier molecular flexibility index (Phi) is 5.60. The van der Waals surface area contributed by atoms with Gasteiger partial charge in [0.15, 0.2) is 0 Å². The monoisotopic (exact) mass is 376 g/mol. The zero-order chi connectivity index (χ0) is 14.5. The van der Waals surface area contributed by atoms with E-state index >= 15 is 0 Å². The molecule has 0 aliphatic heterocycles. The van der Waals surface area contributed by atoms with E-state index in [1.165, 1.54) is 6.20 Å². The molecular formula is C13H11BrCl2N2O2. The molecule has 1 aromatic heterocycles. The zero-order valence-electron chi connectivity index (χ0n) is 10.6. The lowest BCUT2D eigenvalue weighted by atomic mass is 10.1. The highest BCUT2D eigenvalue weighted by atomic mass is 79.9. The number of halogens is 3. The Balaban J connectivity index is 2.32. The first-order valence-corrected chi connectivity index (χ1v) is 7.26. The molecule has 0 N–H and O–H groups in total. The van der Waals surface area contributed by atoms with Gasteiger partial charge in [-0.3, -0.25) is 0 Å². The predicted octanol–water partition coefficient (Wildman–Crippen LogP) is 4.24. The molecule has 7 heteroatoms. The van der Waals surface area contributed by atoms with Gasteiger partial charge in [0.05, 0.1) is 17.8 Å². The van der Waals surface area contributed by atoms with E-state index in [2.05, 4.69) is 25.9 Å². The van der Waals surface area contributed by atoms with Crippen molar-refractivity contribution in [3.8, 4) is 17.1 Å². The van der Waals surface area contributed by atoms with Crippen LogP contribution in [0.15, 0.2) is 29.0 Å². The summed E-state index contributed by atoms with van der Waals surface area (Å²) in [5, 5.41) is 1.07. The molecule has 4 nitrogen and oxygen atoms in total. The molecule has 0 fully saturated rings. The standard InChI is InChI=1S/C13H11BrCl2N2O2/c1-19-4-5-20-11-7-17-13(14)12(18-11)9-3-2-8(15)6-10(9)16/h2-3,6-7H,4-5H2,1H3. The van der Waals surface area contributed by atoms with Gasteiger partial charge in [-0.25, -0.2) is 9.97 Å². The quantitative estimate of drug-likeness (QED) is 0.731. The highest BCUT2D eigenvalue weighted by molar-refractivity contribution is 9.10. The fraction of sp³-hybridized carbons (Fsp3) is 0.231. The van der Waals surface area contributed by atoms with Gasteiger partial charge in [-0.2, -0.15) is 0 Å². The van der Waals surface area contributed by atoms with E-state index in [0.29, 0.717) is 39.4 Å². The van der Waals surface area contributed by atoms with Crippen molar-refractivity contribution in [2.24, 2.45) is 0 Å². The first kappa shape index (κ1) is 15.5. The van der Waals surface area contributed by atoms with Crippen LogP contribution in [0.2, 0.25) is 10.0 Å². The molecule has 0 saturated carbocycles. The lowest BCUT2D eigenvalue weighted by molar-refractivity contribution is 0.143. The minimum atomic E-state index is 0.403. The molecule has 0 atom stereocenters. The molecule has 2 aromatic rings. The second-order valence-corrected chi connectivity index (χ2v) is 5.41. The Hall–Kier alpha value is -0.880. The normalized spacial score (nSPS) is 10.6. The summed E-state index contributed by atoms with van der Waals surface area (Å²) < 4.78 is 10.9. The molecule has 106 valence electrons. The molecule has 0 amide bonds. The number of aromatic nitrogens is 2. The number of ether oxygens (including phenoxy) is 2. The van der Waals surface area contributed by atoms with Crippen LogP contribution in [0.3, 0.4) is 0 Å². The summed E-state index contributed by atoms with van der Waals surface area (Å²) in [7, 11) is 1.61. The van der Waals surface area contributed by atoms with Crippen LogP contribution in [0.4, 0.5) is 0 Å². The molecule has 20 heavy (non-hydrogen) atoms. The van der Waals surface area contributed by atoms with Crippen molar-refractivity contribution in [3.63, 3.8) is 0 Å². The predicted molar refractivity (Wildman–Crippen MR) is 82.6 cm³/mol. The zero-order valence-corrected chi connectivity index (χ0v) is 13.7. The Labute approximate surface area is 135 Å². The lowest BCUT2D eigenvalue weighted by Crippen LogP contribution is -2.06. The van der Waals surface area contributed by atoms with Crippen LogP contribution < -0.4 is 4.74 Å². The van der Waals surface area contributed by atoms with Gasteiger partial charge in [0.2, 0.25) is 5.88 Å². The second-order valence-electron chi connectivity index (χ2n) is 3.81. The van der Waals surface area contributed by atoms with Gasteiger partial charge >= 0.3 is 0 Å². The first-order chi connectivity index (χ1) is 9.61. The van der Waals surface area contributed by atoms with E-state index < -0.39 is 0 Å². The highest BCUT2D eigenvalue weighted by Crippen LogP contribution is 2.33. The summed E-state index contributed by atoms with van der Waals surface area (Å²) in [4.78, 5) is 8.58. The van der Waals surface area contributed by atoms with E-state index in [4.69, 9.17) is 32.7 Å². The molecule has 1 heterocycles. The largest absolute Gasteiger partial charge is 0.474 e. The molecule has 1 aromatic carbocycles. The molecule has 0 spiro atoms. The molecule has 0 unspecified atom stereocenters. The number of methoxy groups -OCH3 is 1. The Bertz CT molecular complexity index is 611. The topological polar surface area (TPSA) is 44.2 Å². The summed E-state index contributed by atoms with van der Waals surface area (Å²) in [6, 6.07) is 5.19. The van der Waals surface area contributed by atoms with Gasteiger partial charge in [0, 0.05) is 17.7 Å². The minimum absolute atomic E-state index is 0.403. The van der Waals surface area contributed by atoms with Gasteiger partial charge in [-0.1, -0.05) is 23.2 Å². The van der Waals surface area contributed by atoms with E-state index in [1.54, 1.807) is 25.3 Å². The van der Waals surface area contributed by atoms with Crippen molar-refractivity contribution in [3.05, 3.63) is 39.0 Å². The Morgan fingerprint density at radius 2 is 2.05 bits per heavy atom. The van der Waals surface area contributed by atoms with Crippen LogP contribution in [0.5, 0.6) is 5.88 Å². The molecular weight excluding hydrogens is 367 g/mol.